The monoisotopic (exact) mass is 260 g/mol. The van der Waals surface area contributed by atoms with Crippen molar-refractivity contribution in [2.45, 2.75) is 51.6 Å². The zero-order chi connectivity index (χ0) is 13.7. The van der Waals surface area contributed by atoms with Crippen LogP contribution in [-0.2, 0) is 6.54 Å². The SMILES string of the molecule is CCN(Cc1cc(F)ccc1C#N)C1CCCCC1. The summed E-state index contributed by atoms with van der Waals surface area (Å²) in [5, 5.41) is 9.11. The molecule has 0 heterocycles. The molecule has 1 aliphatic carbocycles. The quantitative estimate of drug-likeness (QED) is 0.822. The van der Waals surface area contributed by atoms with Crippen LogP contribution in [0.4, 0.5) is 4.39 Å². The largest absolute Gasteiger partial charge is 0.296 e. The molecule has 2 nitrogen and oxygen atoms in total. The molecular formula is C16H21FN2. The van der Waals surface area contributed by atoms with Gasteiger partial charge in [0, 0.05) is 12.6 Å². The first-order chi connectivity index (χ1) is 9.24. The van der Waals surface area contributed by atoms with Crippen molar-refractivity contribution in [1.29, 1.82) is 5.26 Å². The molecule has 0 saturated heterocycles. The summed E-state index contributed by atoms with van der Waals surface area (Å²) in [6.07, 6.45) is 6.36. The lowest BCUT2D eigenvalue weighted by molar-refractivity contribution is 0.155. The average Bonchev–Trinajstić information content (AvgIpc) is 2.46. The Bertz CT molecular complexity index is 458. The standard InChI is InChI=1S/C16H21FN2/c1-2-19(16-6-4-3-5-7-16)12-14-10-15(17)9-8-13(14)11-18/h8-10,16H,2-7,12H2,1H3. The van der Waals surface area contributed by atoms with Gasteiger partial charge < -0.3 is 0 Å². The molecule has 0 aromatic heterocycles. The van der Waals surface area contributed by atoms with Crippen LogP contribution in [0.1, 0.15) is 50.2 Å². The summed E-state index contributed by atoms with van der Waals surface area (Å²) in [6.45, 7) is 3.77. The van der Waals surface area contributed by atoms with E-state index in [-0.39, 0.29) is 5.82 Å². The van der Waals surface area contributed by atoms with Gasteiger partial charge in [-0.2, -0.15) is 5.26 Å². The highest BCUT2D eigenvalue weighted by molar-refractivity contribution is 5.37. The van der Waals surface area contributed by atoms with E-state index in [4.69, 9.17) is 5.26 Å². The third kappa shape index (κ3) is 3.54. The maximum atomic E-state index is 13.4. The van der Waals surface area contributed by atoms with Crippen LogP contribution in [0, 0.1) is 17.1 Å². The molecule has 3 heteroatoms. The summed E-state index contributed by atoms with van der Waals surface area (Å²) in [5.74, 6) is -0.256. The molecule has 0 atom stereocenters. The van der Waals surface area contributed by atoms with E-state index in [0.717, 1.165) is 12.1 Å². The van der Waals surface area contributed by atoms with Gasteiger partial charge in [0.25, 0.3) is 0 Å². The van der Waals surface area contributed by atoms with Crippen molar-refractivity contribution in [2.75, 3.05) is 6.54 Å². The van der Waals surface area contributed by atoms with Crippen molar-refractivity contribution >= 4 is 0 Å². The van der Waals surface area contributed by atoms with Gasteiger partial charge in [-0.1, -0.05) is 26.2 Å². The van der Waals surface area contributed by atoms with Crippen LogP contribution < -0.4 is 0 Å². The Morgan fingerprint density at radius 1 is 1.32 bits per heavy atom. The fourth-order valence-electron chi connectivity index (χ4n) is 2.97. The van der Waals surface area contributed by atoms with Crippen molar-refractivity contribution in [1.82, 2.24) is 4.90 Å². The Morgan fingerprint density at radius 2 is 2.05 bits per heavy atom. The van der Waals surface area contributed by atoms with Crippen molar-refractivity contribution in [2.24, 2.45) is 0 Å². The molecule has 0 amide bonds. The molecule has 0 radical (unpaired) electrons. The first kappa shape index (κ1) is 14.0. The fraction of sp³-hybridized carbons (Fsp3) is 0.562. The maximum absolute atomic E-state index is 13.4. The zero-order valence-corrected chi connectivity index (χ0v) is 11.5. The van der Waals surface area contributed by atoms with Crippen LogP contribution in [0.15, 0.2) is 18.2 Å². The molecule has 0 spiro atoms. The lowest BCUT2D eigenvalue weighted by Crippen LogP contribution is -2.36. The van der Waals surface area contributed by atoms with Crippen LogP contribution in [0.5, 0.6) is 0 Å². The van der Waals surface area contributed by atoms with E-state index in [2.05, 4.69) is 17.9 Å². The number of hydrogen-bond acceptors (Lipinski definition) is 2. The lowest BCUT2D eigenvalue weighted by Gasteiger charge is -2.33. The molecule has 1 aliphatic rings. The van der Waals surface area contributed by atoms with Crippen molar-refractivity contribution in [3.05, 3.63) is 35.1 Å². The highest BCUT2D eigenvalue weighted by atomic mass is 19.1. The number of halogens is 1. The van der Waals surface area contributed by atoms with Crippen LogP contribution in [0.3, 0.4) is 0 Å². The molecule has 1 aromatic rings. The Balaban J connectivity index is 2.13. The number of rotatable bonds is 4. The zero-order valence-electron chi connectivity index (χ0n) is 11.5. The predicted molar refractivity (Wildman–Crippen MR) is 74.1 cm³/mol. The summed E-state index contributed by atoms with van der Waals surface area (Å²) in [6, 6.07) is 7.20. The van der Waals surface area contributed by atoms with Crippen molar-refractivity contribution in [3.63, 3.8) is 0 Å². The number of benzene rings is 1. The van der Waals surface area contributed by atoms with E-state index in [0.29, 0.717) is 18.2 Å². The summed E-state index contributed by atoms with van der Waals surface area (Å²) in [7, 11) is 0. The molecular weight excluding hydrogens is 239 g/mol. The smallest absolute Gasteiger partial charge is 0.123 e. The highest BCUT2D eigenvalue weighted by Crippen LogP contribution is 2.24. The van der Waals surface area contributed by atoms with Gasteiger partial charge >= 0.3 is 0 Å². The minimum Gasteiger partial charge on any atom is -0.296 e. The molecule has 1 aromatic carbocycles. The van der Waals surface area contributed by atoms with Gasteiger partial charge in [-0.3, -0.25) is 4.90 Å². The second-order valence-electron chi connectivity index (χ2n) is 5.27. The molecule has 102 valence electrons. The number of hydrogen-bond donors (Lipinski definition) is 0. The molecule has 0 N–H and O–H groups in total. The van der Waals surface area contributed by atoms with Crippen LogP contribution >= 0.6 is 0 Å². The van der Waals surface area contributed by atoms with E-state index in [1.165, 1.54) is 44.2 Å². The van der Waals surface area contributed by atoms with Gasteiger partial charge in [0.15, 0.2) is 0 Å². The minimum absolute atomic E-state index is 0.256. The first-order valence-corrected chi connectivity index (χ1v) is 7.17. The Kier molecular flexibility index (Phi) is 4.93. The molecule has 2 rings (SSSR count). The van der Waals surface area contributed by atoms with E-state index in [9.17, 15) is 4.39 Å². The fourth-order valence-corrected chi connectivity index (χ4v) is 2.97. The first-order valence-electron chi connectivity index (χ1n) is 7.17. The number of nitriles is 1. The van der Waals surface area contributed by atoms with E-state index in [1.54, 1.807) is 6.07 Å². The minimum atomic E-state index is -0.256. The van der Waals surface area contributed by atoms with Gasteiger partial charge in [0.2, 0.25) is 0 Å². The summed E-state index contributed by atoms with van der Waals surface area (Å²) >= 11 is 0. The number of nitrogens with zero attached hydrogens (tertiary/aromatic N) is 2. The molecule has 19 heavy (non-hydrogen) atoms. The van der Waals surface area contributed by atoms with Crippen LogP contribution in [0.2, 0.25) is 0 Å². The highest BCUT2D eigenvalue weighted by Gasteiger charge is 2.20. The van der Waals surface area contributed by atoms with Crippen LogP contribution in [0.25, 0.3) is 0 Å². The Hall–Kier alpha value is -1.40. The molecule has 1 saturated carbocycles. The third-order valence-corrected chi connectivity index (χ3v) is 4.06. The predicted octanol–water partition coefficient (Wildman–Crippen LogP) is 3.85. The van der Waals surface area contributed by atoms with E-state index >= 15 is 0 Å². The van der Waals surface area contributed by atoms with Crippen molar-refractivity contribution < 1.29 is 4.39 Å². The Morgan fingerprint density at radius 3 is 2.68 bits per heavy atom. The topological polar surface area (TPSA) is 27.0 Å². The molecule has 0 unspecified atom stereocenters. The van der Waals surface area contributed by atoms with Gasteiger partial charge in [0.1, 0.15) is 5.82 Å². The van der Waals surface area contributed by atoms with Gasteiger partial charge in [-0.15, -0.1) is 0 Å². The third-order valence-electron chi connectivity index (χ3n) is 4.06. The average molecular weight is 260 g/mol. The van der Waals surface area contributed by atoms with Crippen LogP contribution in [-0.4, -0.2) is 17.5 Å². The normalized spacial score (nSPS) is 16.5. The second-order valence-corrected chi connectivity index (χ2v) is 5.27. The van der Waals surface area contributed by atoms with Gasteiger partial charge in [-0.25, -0.2) is 4.39 Å². The van der Waals surface area contributed by atoms with E-state index in [1.807, 2.05) is 0 Å². The summed E-state index contributed by atoms with van der Waals surface area (Å²) in [5.41, 5.74) is 1.41. The van der Waals surface area contributed by atoms with Gasteiger partial charge in [-0.05, 0) is 43.1 Å². The molecule has 1 fully saturated rings. The second kappa shape index (κ2) is 6.68. The lowest BCUT2D eigenvalue weighted by atomic mass is 9.93. The van der Waals surface area contributed by atoms with Crippen molar-refractivity contribution in [3.8, 4) is 6.07 Å². The summed E-state index contributed by atoms with van der Waals surface area (Å²) in [4.78, 5) is 2.38. The maximum Gasteiger partial charge on any atom is 0.123 e. The molecule has 0 bridgehead atoms. The molecule has 0 aliphatic heterocycles. The van der Waals surface area contributed by atoms with E-state index < -0.39 is 0 Å². The van der Waals surface area contributed by atoms with Gasteiger partial charge in [0.05, 0.1) is 11.6 Å². The Labute approximate surface area is 114 Å². The summed E-state index contributed by atoms with van der Waals surface area (Å²) < 4.78 is 13.4.